The number of aromatic nitrogens is 6. The first kappa shape index (κ1) is 24.3. The quantitative estimate of drug-likeness (QED) is 0.372. The van der Waals surface area contributed by atoms with Crippen LogP contribution in [0.5, 0.6) is 5.88 Å². The molecule has 190 valence electrons. The minimum Gasteiger partial charge on any atom is -0.473 e. The van der Waals surface area contributed by atoms with Crippen molar-refractivity contribution in [3.63, 3.8) is 0 Å². The molecule has 4 aromatic rings. The summed E-state index contributed by atoms with van der Waals surface area (Å²) in [6, 6.07) is 3.81. The highest BCUT2D eigenvalue weighted by Crippen LogP contribution is 2.36. The highest BCUT2D eigenvalue weighted by atomic mass is 32.2. The van der Waals surface area contributed by atoms with Crippen molar-refractivity contribution in [3.8, 4) is 17.1 Å². The Morgan fingerprint density at radius 3 is 2.53 bits per heavy atom. The minimum absolute atomic E-state index is 0.0666. The number of nitrogens with zero attached hydrogens (tertiary/aromatic N) is 6. The molecular weight excluding hydrogens is 487 g/mol. The Balaban J connectivity index is 1.37. The first-order chi connectivity index (χ1) is 17.1. The van der Waals surface area contributed by atoms with Gasteiger partial charge >= 0.3 is 0 Å². The topological polar surface area (TPSA) is 126 Å². The lowest BCUT2D eigenvalue weighted by atomic mass is 9.87. The summed E-state index contributed by atoms with van der Waals surface area (Å²) >= 11 is 0. The summed E-state index contributed by atoms with van der Waals surface area (Å²) in [5.74, 6) is 1.48. The molecule has 12 heteroatoms. The molecule has 0 N–H and O–H groups in total. The lowest BCUT2D eigenvalue weighted by Crippen LogP contribution is -2.24. The molecule has 1 aliphatic rings. The minimum atomic E-state index is -3.53. The Labute approximate surface area is 207 Å². The van der Waals surface area contributed by atoms with Crippen LogP contribution in [0.2, 0.25) is 0 Å². The summed E-state index contributed by atoms with van der Waals surface area (Å²) in [5.41, 5.74) is 1.45. The van der Waals surface area contributed by atoms with Gasteiger partial charge in [-0.25, -0.2) is 17.8 Å². The predicted octanol–water partition coefficient (Wildman–Crippen LogP) is 4.18. The summed E-state index contributed by atoms with van der Waals surface area (Å²) in [6.45, 7) is 4.06. The van der Waals surface area contributed by atoms with Crippen LogP contribution in [-0.2, 0) is 16.9 Å². The maximum absolute atomic E-state index is 14.9. The van der Waals surface area contributed by atoms with Gasteiger partial charge < -0.3 is 9.26 Å². The Morgan fingerprint density at radius 1 is 1.14 bits per heavy atom. The van der Waals surface area contributed by atoms with Gasteiger partial charge in [-0.1, -0.05) is 19.0 Å². The number of fused-ring (bicyclic) bond motifs is 1. The first-order valence-electron chi connectivity index (χ1n) is 11.8. The fraction of sp³-hybridized carbons (Fsp3) is 0.458. The monoisotopic (exact) mass is 514 g/mol. The second kappa shape index (κ2) is 9.23. The maximum Gasteiger partial charge on any atom is 0.245 e. The van der Waals surface area contributed by atoms with E-state index in [-0.39, 0.29) is 28.4 Å². The van der Waals surface area contributed by atoms with Crippen molar-refractivity contribution in [1.82, 2.24) is 29.9 Å². The molecular formula is C24H27FN6O4S. The molecule has 0 saturated heterocycles. The Morgan fingerprint density at radius 2 is 1.89 bits per heavy atom. The molecule has 3 heterocycles. The fourth-order valence-electron chi connectivity index (χ4n) is 4.52. The molecule has 0 aliphatic heterocycles. The number of aryl methyl sites for hydroxylation is 1. The van der Waals surface area contributed by atoms with Crippen molar-refractivity contribution in [2.75, 3.05) is 6.26 Å². The molecule has 0 atom stereocenters. The van der Waals surface area contributed by atoms with Crippen LogP contribution in [0.4, 0.5) is 4.39 Å². The Bertz CT molecular complexity index is 1520. The molecule has 1 aliphatic carbocycles. The van der Waals surface area contributed by atoms with Crippen LogP contribution in [-0.4, -0.2) is 50.7 Å². The van der Waals surface area contributed by atoms with Gasteiger partial charge in [0.1, 0.15) is 23.8 Å². The van der Waals surface area contributed by atoms with Gasteiger partial charge in [-0.05, 0) is 43.9 Å². The van der Waals surface area contributed by atoms with E-state index in [0.717, 1.165) is 43.8 Å². The van der Waals surface area contributed by atoms with Gasteiger partial charge in [0.15, 0.2) is 21.2 Å². The molecule has 10 nitrogen and oxygen atoms in total. The van der Waals surface area contributed by atoms with E-state index in [1.807, 2.05) is 13.8 Å². The van der Waals surface area contributed by atoms with Crippen LogP contribution in [0.1, 0.15) is 63.1 Å². The number of hydrogen-bond acceptors (Lipinski definition) is 9. The molecule has 0 radical (unpaired) electrons. The van der Waals surface area contributed by atoms with E-state index in [1.165, 1.54) is 23.1 Å². The number of sulfone groups is 1. The van der Waals surface area contributed by atoms with Crippen molar-refractivity contribution in [2.24, 2.45) is 7.05 Å². The zero-order valence-corrected chi connectivity index (χ0v) is 21.3. The molecule has 1 saturated carbocycles. The highest BCUT2D eigenvalue weighted by molar-refractivity contribution is 7.90. The average Bonchev–Trinajstić information content (AvgIpc) is 3.45. The lowest BCUT2D eigenvalue weighted by molar-refractivity contribution is 0.135. The van der Waals surface area contributed by atoms with Gasteiger partial charge in [-0.2, -0.15) is 15.1 Å². The van der Waals surface area contributed by atoms with E-state index in [4.69, 9.17) is 9.26 Å². The van der Waals surface area contributed by atoms with Gasteiger partial charge in [0.2, 0.25) is 11.8 Å². The van der Waals surface area contributed by atoms with Crippen LogP contribution in [0.25, 0.3) is 22.3 Å². The van der Waals surface area contributed by atoms with Crippen molar-refractivity contribution in [3.05, 3.63) is 42.1 Å². The van der Waals surface area contributed by atoms with Gasteiger partial charge in [-0.15, -0.1) is 0 Å². The van der Waals surface area contributed by atoms with Crippen LogP contribution in [0.15, 0.2) is 33.9 Å². The van der Waals surface area contributed by atoms with Crippen molar-refractivity contribution < 1.29 is 22.1 Å². The zero-order valence-electron chi connectivity index (χ0n) is 20.5. The maximum atomic E-state index is 14.9. The Hall–Kier alpha value is -3.41. The SMILES string of the molecule is CC(C)c1noc(C2CCC(Oc3ncnc4c(-c5ccc(S(C)(=O)=O)cc5F)n(C)nc34)CC2)n1. The summed E-state index contributed by atoms with van der Waals surface area (Å²) in [5, 5.41) is 8.57. The van der Waals surface area contributed by atoms with Crippen molar-refractivity contribution >= 4 is 20.9 Å². The van der Waals surface area contributed by atoms with E-state index in [9.17, 15) is 12.8 Å². The third kappa shape index (κ3) is 4.57. The summed E-state index contributed by atoms with van der Waals surface area (Å²) in [7, 11) is -1.86. The van der Waals surface area contributed by atoms with Crippen LogP contribution in [0.3, 0.4) is 0 Å². The summed E-state index contributed by atoms with van der Waals surface area (Å²) in [4.78, 5) is 13.1. The molecule has 36 heavy (non-hydrogen) atoms. The molecule has 0 spiro atoms. The number of rotatable bonds is 6. The van der Waals surface area contributed by atoms with Gasteiger partial charge in [0, 0.05) is 30.7 Å². The van der Waals surface area contributed by atoms with E-state index < -0.39 is 15.7 Å². The summed E-state index contributed by atoms with van der Waals surface area (Å²) in [6.07, 6.45) is 5.61. The van der Waals surface area contributed by atoms with Gasteiger partial charge in [0.05, 0.1) is 10.6 Å². The Kier molecular flexibility index (Phi) is 6.23. The van der Waals surface area contributed by atoms with Crippen molar-refractivity contribution in [1.29, 1.82) is 0 Å². The van der Waals surface area contributed by atoms with E-state index in [2.05, 4.69) is 25.2 Å². The first-order valence-corrected chi connectivity index (χ1v) is 13.7. The number of halogens is 1. The number of hydrogen-bond donors (Lipinski definition) is 0. The van der Waals surface area contributed by atoms with E-state index in [0.29, 0.717) is 28.5 Å². The smallest absolute Gasteiger partial charge is 0.245 e. The third-order valence-electron chi connectivity index (χ3n) is 6.49. The molecule has 1 fully saturated rings. The normalized spacial score (nSPS) is 18.7. The summed E-state index contributed by atoms with van der Waals surface area (Å²) < 4.78 is 51.7. The second-order valence-corrected chi connectivity index (χ2v) is 11.5. The molecule has 0 amide bonds. The molecule has 3 aromatic heterocycles. The fourth-order valence-corrected chi connectivity index (χ4v) is 5.15. The van der Waals surface area contributed by atoms with E-state index >= 15 is 0 Å². The second-order valence-electron chi connectivity index (χ2n) is 9.50. The van der Waals surface area contributed by atoms with Gasteiger partial charge in [-0.3, -0.25) is 4.68 Å². The van der Waals surface area contributed by atoms with Crippen molar-refractivity contribution in [2.45, 2.75) is 62.4 Å². The molecule has 0 unspecified atom stereocenters. The predicted molar refractivity (Wildman–Crippen MR) is 129 cm³/mol. The third-order valence-corrected chi connectivity index (χ3v) is 7.60. The standard InChI is InChI=1S/C24H27FN6O4S/c1-13(2)22-28-23(35-30-22)14-5-7-15(8-6-14)34-24-20-19(26-12-27-24)21(31(3)29-20)17-10-9-16(11-18(17)25)36(4,32)33/h9-15H,5-8H2,1-4H3. The van der Waals surface area contributed by atoms with Crippen LogP contribution >= 0.6 is 0 Å². The number of ether oxygens (including phenoxy) is 1. The molecule has 1 aromatic carbocycles. The molecule has 0 bridgehead atoms. The zero-order chi connectivity index (χ0) is 25.6. The number of benzene rings is 1. The average molecular weight is 515 g/mol. The van der Waals surface area contributed by atoms with E-state index in [1.54, 1.807) is 7.05 Å². The molecule has 5 rings (SSSR count). The lowest BCUT2D eigenvalue weighted by Gasteiger charge is -2.26. The van der Waals surface area contributed by atoms with Crippen LogP contribution < -0.4 is 4.74 Å². The largest absolute Gasteiger partial charge is 0.473 e. The van der Waals surface area contributed by atoms with Crippen LogP contribution in [0, 0.1) is 5.82 Å². The van der Waals surface area contributed by atoms with Gasteiger partial charge in [0.25, 0.3) is 0 Å². The highest BCUT2D eigenvalue weighted by Gasteiger charge is 2.29.